The molecule has 3 aliphatic rings. The standard InChI is InChI=1S/C10H15F2NO/c11-10(12)5-8(10)4-9(7-14)2-1-3-13(9)6-8/h14H,1-7H2/t8-,9-/m1/s1. The van der Waals surface area contributed by atoms with Crippen LogP contribution in [-0.4, -0.2) is 41.2 Å². The van der Waals surface area contributed by atoms with E-state index in [1.54, 1.807) is 0 Å². The average molecular weight is 203 g/mol. The molecular weight excluding hydrogens is 188 g/mol. The first-order valence-electron chi connectivity index (χ1n) is 5.28. The van der Waals surface area contributed by atoms with Gasteiger partial charge >= 0.3 is 0 Å². The third-order valence-corrected chi connectivity index (χ3v) is 4.41. The molecule has 1 saturated carbocycles. The maximum atomic E-state index is 13.2. The van der Waals surface area contributed by atoms with Gasteiger partial charge in [0.05, 0.1) is 12.0 Å². The van der Waals surface area contributed by atoms with Crippen molar-refractivity contribution in [2.45, 2.75) is 37.1 Å². The molecule has 0 radical (unpaired) electrons. The first kappa shape index (κ1) is 9.04. The Kier molecular flexibility index (Phi) is 1.48. The second-order valence-corrected chi connectivity index (χ2v) is 5.25. The minimum absolute atomic E-state index is 0.0399. The highest BCUT2D eigenvalue weighted by Gasteiger charge is 2.76. The van der Waals surface area contributed by atoms with Crippen LogP contribution in [0.25, 0.3) is 0 Å². The van der Waals surface area contributed by atoms with E-state index in [-0.39, 0.29) is 18.6 Å². The average Bonchev–Trinajstić information content (AvgIpc) is 2.47. The van der Waals surface area contributed by atoms with E-state index in [0.717, 1.165) is 19.4 Å². The highest BCUT2D eigenvalue weighted by atomic mass is 19.3. The summed E-state index contributed by atoms with van der Waals surface area (Å²) < 4.78 is 26.4. The van der Waals surface area contributed by atoms with Crippen LogP contribution < -0.4 is 0 Å². The van der Waals surface area contributed by atoms with Crippen LogP contribution >= 0.6 is 0 Å². The highest BCUT2D eigenvalue weighted by Crippen LogP contribution is 2.69. The molecule has 1 N–H and O–H groups in total. The van der Waals surface area contributed by atoms with Gasteiger partial charge in [0, 0.05) is 18.5 Å². The van der Waals surface area contributed by atoms with Gasteiger partial charge in [-0.05, 0) is 25.8 Å². The Balaban J connectivity index is 1.87. The molecule has 1 aliphatic carbocycles. The maximum absolute atomic E-state index is 13.2. The van der Waals surface area contributed by atoms with Gasteiger partial charge in [0.2, 0.25) is 0 Å². The molecule has 0 unspecified atom stereocenters. The summed E-state index contributed by atoms with van der Waals surface area (Å²) in [5.74, 6) is -2.46. The van der Waals surface area contributed by atoms with Gasteiger partial charge in [-0.25, -0.2) is 8.78 Å². The number of fused-ring (bicyclic) bond motifs is 1. The van der Waals surface area contributed by atoms with Crippen LogP contribution in [0, 0.1) is 5.41 Å². The molecular formula is C10H15F2NO. The quantitative estimate of drug-likeness (QED) is 0.693. The van der Waals surface area contributed by atoms with Crippen molar-refractivity contribution >= 4 is 0 Å². The molecule has 2 aliphatic heterocycles. The van der Waals surface area contributed by atoms with Gasteiger partial charge < -0.3 is 5.11 Å². The molecule has 0 amide bonds. The summed E-state index contributed by atoms with van der Waals surface area (Å²) in [7, 11) is 0. The molecule has 14 heavy (non-hydrogen) atoms. The number of hydrogen-bond acceptors (Lipinski definition) is 2. The third kappa shape index (κ3) is 0.865. The zero-order chi connectivity index (χ0) is 10.0. The molecule has 0 aromatic heterocycles. The SMILES string of the molecule is OC[C@]12CCCN1C[C@]1(CC1(F)F)C2. The lowest BCUT2D eigenvalue weighted by atomic mass is 9.89. The van der Waals surface area contributed by atoms with Gasteiger partial charge in [0.1, 0.15) is 0 Å². The van der Waals surface area contributed by atoms with Crippen LogP contribution in [0.2, 0.25) is 0 Å². The van der Waals surface area contributed by atoms with Gasteiger partial charge in [-0.15, -0.1) is 0 Å². The Bertz CT molecular complexity index is 283. The highest BCUT2D eigenvalue weighted by molar-refractivity contribution is 5.21. The predicted octanol–water partition coefficient (Wildman–Crippen LogP) is 1.24. The van der Waals surface area contributed by atoms with Crippen molar-refractivity contribution in [3.8, 4) is 0 Å². The van der Waals surface area contributed by atoms with Crippen LogP contribution in [0.3, 0.4) is 0 Å². The molecule has 2 saturated heterocycles. The van der Waals surface area contributed by atoms with Crippen LogP contribution in [0.15, 0.2) is 0 Å². The van der Waals surface area contributed by atoms with Crippen molar-refractivity contribution in [2.75, 3.05) is 19.7 Å². The second kappa shape index (κ2) is 2.30. The lowest BCUT2D eigenvalue weighted by Gasteiger charge is -2.29. The molecule has 2 nitrogen and oxygen atoms in total. The minimum Gasteiger partial charge on any atom is -0.394 e. The topological polar surface area (TPSA) is 23.5 Å². The summed E-state index contributed by atoms with van der Waals surface area (Å²) in [5, 5.41) is 9.37. The van der Waals surface area contributed by atoms with Crippen molar-refractivity contribution in [3.05, 3.63) is 0 Å². The fourth-order valence-corrected chi connectivity index (χ4v) is 3.47. The number of rotatable bonds is 1. The number of halogens is 2. The summed E-state index contributed by atoms with van der Waals surface area (Å²) in [6, 6.07) is 0. The normalized spacial score (nSPS) is 49.9. The van der Waals surface area contributed by atoms with E-state index < -0.39 is 11.3 Å². The Morgan fingerprint density at radius 1 is 1.29 bits per heavy atom. The second-order valence-electron chi connectivity index (χ2n) is 5.25. The van der Waals surface area contributed by atoms with Gasteiger partial charge in [-0.3, -0.25) is 4.90 Å². The number of aliphatic hydroxyl groups is 1. The molecule has 2 heterocycles. The molecule has 3 rings (SSSR count). The number of hydrogen-bond donors (Lipinski definition) is 1. The van der Waals surface area contributed by atoms with E-state index in [0.29, 0.717) is 13.0 Å². The number of aliphatic hydroxyl groups excluding tert-OH is 1. The van der Waals surface area contributed by atoms with E-state index in [4.69, 9.17) is 0 Å². The van der Waals surface area contributed by atoms with E-state index in [1.807, 2.05) is 0 Å². The molecule has 2 atom stereocenters. The number of alkyl halides is 2. The zero-order valence-corrected chi connectivity index (χ0v) is 8.10. The van der Waals surface area contributed by atoms with E-state index in [1.165, 1.54) is 0 Å². The zero-order valence-electron chi connectivity index (χ0n) is 8.10. The maximum Gasteiger partial charge on any atom is 0.255 e. The van der Waals surface area contributed by atoms with Gasteiger partial charge in [0.15, 0.2) is 0 Å². The van der Waals surface area contributed by atoms with Gasteiger partial charge in [0.25, 0.3) is 5.92 Å². The minimum atomic E-state index is -2.46. The summed E-state index contributed by atoms with van der Waals surface area (Å²) in [5.41, 5.74) is -1.06. The van der Waals surface area contributed by atoms with Crippen LogP contribution in [0.4, 0.5) is 8.78 Å². The van der Waals surface area contributed by atoms with Crippen molar-refractivity contribution in [3.63, 3.8) is 0 Å². The van der Waals surface area contributed by atoms with Gasteiger partial charge in [-0.2, -0.15) is 0 Å². The fourth-order valence-electron chi connectivity index (χ4n) is 3.47. The molecule has 0 bridgehead atoms. The van der Waals surface area contributed by atoms with Crippen LogP contribution in [0.1, 0.15) is 25.7 Å². The predicted molar refractivity (Wildman–Crippen MR) is 47.2 cm³/mol. The smallest absolute Gasteiger partial charge is 0.255 e. The Labute approximate surface area is 81.9 Å². The lowest BCUT2D eigenvalue weighted by Crippen LogP contribution is -2.41. The molecule has 80 valence electrons. The third-order valence-electron chi connectivity index (χ3n) is 4.41. The Morgan fingerprint density at radius 2 is 2.00 bits per heavy atom. The Hall–Kier alpha value is -0.220. The van der Waals surface area contributed by atoms with Crippen LogP contribution in [0.5, 0.6) is 0 Å². The van der Waals surface area contributed by atoms with Crippen molar-refractivity contribution in [1.82, 2.24) is 4.90 Å². The molecule has 0 aromatic carbocycles. The van der Waals surface area contributed by atoms with E-state index >= 15 is 0 Å². The summed E-state index contributed by atoms with van der Waals surface area (Å²) in [6.07, 6.45) is 2.48. The fraction of sp³-hybridized carbons (Fsp3) is 1.00. The van der Waals surface area contributed by atoms with E-state index in [9.17, 15) is 13.9 Å². The molecule has 3 fully saturated rings. The lowest BCUT2D eigenvalue weighted by molar-refractivity contribution is 0.0644. The molecule has 1 spiro atoms. The monoisotopic (exact) mass is 203 g/mol. The summed E-state index contributed by atoms with van der Waals surface area (Å²) in [6.45, 7) is 1.43. The van der Waals surface area contributed by atoms with E-state index in [2.05, 4.69) is 4.90 Å². The first-order chi connectivity index (χ1) is 6.54. The first-order valence-corrected chi connectivity index (χ1v) is 5.28. The Morgan fingerprint density at radius 3 is 2.50 bits per heavy atom. The van der Waals surface area contributed by atoms with Gasteiger partial charge in [-0.1, -0.05) is 0 Å². The molecule has 4 heteroatoms. The van der Waals surface area contributed by atoms with Crippen LogP contribution in [-0.2, 0) is 0 Å². The number of nitrogens with zero attached hydrogens (tertiary/aromatic N) is 1. The van der Waals surface area contributed by atoms with Crippen molar-refractivity contribution in [1.29, 1.82) is 0 Å². The summed E-state index contributed by atoms with van der Waals surface area (Å²) in [4.78, 5) is 2.09. The summed E-state index contributed by atoms with van der Waals surface area (Å²) >= 11 is 0. The molecule has 0 aromatic rings. The van der Waals surface area contributed by atoms with Crippen molar-refractivity contribution in [2.24, 2.45) is 5.41 Å². The largest absolute Gasteiger partial charge is 0.394 e. The van der Waals surface area contributed by atoms with Crippen molar-refractivity contribution < 1.29 is 13.9 Å².